The number of fused-ring (bicyclic) bond motifs is 1. The molecule has 1 amide bonds. The van der Waals surface area contributed by atoms with Crippen LogP contribution in [0.15, 0.2) is 0 Å². The van der Waals surface area contributed by atoms with Crippen LogP contribution in [0.5, 0.6) is 5.75 Å². The average molecular weight is 263 g/mol. The van der Waals surface area contributed by atoms with E-state index < -0.39 is 0 Å². The Kier molecular flexibility index (Phi) is 3.80. The first-order valence-corrected chi connectivity index (χ1v) is 6.61. The van der Waals surface area contributed by atoms with Gasteiger partial charge in [-0.05, 0) is 55.0 Å². The first-order chi connectivity index (χ1) is 8.93. The molecule has 1 aliphatic heterocycles. The van der Waals surface area contributed by atoms with E-state index in [-0.39, 0.29) is 12.0 Å². The molecule has 0 spiro atoms. The molecule has 0 saturated carbocycles. The average Bonchev–Trinajstić information content (AvgIpc) is 2.77. The van der Waals surface area contributed by atoms with Gasteiger partial charge in [0.05, 0.1) is 12.7 Å². The number of ether oxygens (including phenoxy) is 1. The molecule has 0 aliphatic carbocycles. The number of carbonyl (C=O) groups excluding carboxylic acids is 1. The third-order valence-corrected chi connectivity index (χ3v) is 3.99. The Morgan fingerprint density at radius 3 is 2.63 bits per heavy atom. The minimum atomic E-state index is -0.0204. The molecular weight excluding hydrogens is 242 g/mol. The summed E-state index contributed by atoms with van der Waals surface area (Å²) in [6.45, 7) is 8.55. The normalized spacial score (nSPS) is 17.4. The van der Waals surface area contributed by atoms with Gasteiger partial charge in [0.15, 0.2) is 0 Å². The summed E-state index contributed by atoms with van der Waals surface area (Å²) in [6, 6.07) is 0. The maximum absolute atomic E-state index is 10.9. The smallest absolute Gasteiger partial charge is 0.216 e. The van der Waals surface area contributed by atoms with Gasteiger partial charge in [0, 0.05) is 13.5 Å². The number of phenols is 1. The Hall–Kier alpha value is -1.55. The minimum Gasteiger partial charge on any atom is -0.507 e. The Bertz CT molecular complexity index is 523. The lowest BCUT2D eigenvalue weighted by molar-refractivity contribution is -0.119. The quantitative estimate of drug-likeness (QED) is 0.880. The molecule has 104 valence electrons. The largest absolute Gasteiger partial charge is 0.507 e. The molecule has 0 aromatic heterocycles. The van der Waals surface area contributed by atoms with Crippen LogP contribution >= 0.6 is 0 Å². The Balaban J connectivity index is 2.27. The third kappa shape index (κ3) is 2.45. The topological polar surface area (TPSA) is 58.6 Å². The third-order valence-electron chi connectivity index (χ3n) is 3.99. The van der Waals surface area contributed by atoms with Crippen molar-refractivity contribution in [2.75, 3.05) is 6.54 Å². The number of amides is 1. The number of hydrogen-bond donors (Lipinski definition) is 2. The molecule has 4 nitrogen and oxygen atoms in total. The van der Waals surface area contributed by atoms with Crippen LogP contribution in [-0.2, 0) is 16.1 Å². The number of nitrogens with one attached hydrogen (secondary N) is 1. The van der Waals surface area contributed by atoms with Crippen LogP contribution in [0.3, 0.4) is 0 Å². The summed E-state index contributed by atoms with van der Waals surface area (Å²) in [6.07, 6.45) is 0.775. The molecule has 0 bridgehead atoms. The van der Waals surface area contributed by atoms with Crippen molar-refractivity contribution in [2.24, 2.45) is 0 Å². The van der Waals surface area contributed by atoms with Gasteiger partial charge in [-0.2, -0.15) is 0 Å². The van der Waals surface area contributed by atoms with E-state index in [9.17, 15) is 9.90 Å². The predicted octanol–water partition coefficient (Wildman–Crippen LogP) is 2.41. The van der Waals surface area contributed by atoms with Crippen molar-refractivity contribution in [2.45, 2.75) is 46.8 Å². The fraction of sp³-hybridized carbons (Fsp3) is 0.533. The molecule has 0 saturated heterocycles. The molecule has 0 radical (unpaired) electrons. The fourth-order valence-corrected chi connectivity index (χ4v) is 2.73. The number of hydrogen-bond acceptors (Lipinski definition) is 3. The number of rotatable bonds is 3. The highest BCUT2D eigenvalue weighted by Crippen LogP contribution is 2.42. The molecule has 0 fully saturated rings. The van der Waals surface area contributed by atoms with Crippen molar-refractivity contribution >= 4 is 5.91 Å². The van der Waals surface area contributed by atoms with Gasteiger partial charge < -0.3 is 15.2 Å². The second-order valence-electron chi connectivity index (χ2n) is 5.19. The van der Waals surface area contributed by atoms with Gasteiger partial charge in [0.2, 0.25) is 5.91 Å². The number of benzene rings is 1. The first kappa shape index (κ1) is 13.9. The van der Waals surface area contributed by atoms with E-state index in [1.807, 2.05) is 20.8 Å². The SMILES string of the molecule is CC(=O)NCCC1OCc2c(C)c(O)c(C)c(C)c21. The van der Waals surface area contributed by atoms with Gasteiger partial charge >= 0.3 is 0 Å². The van der Waals surface area contributed by atoms with E-state index in [4.69, 9.17) is 4.74 Å². The van der Waals surface area contributed by atoms with Crippen LogP contribution in [-0.4, -0.2) is 17.6 Å². The molecule has 1 unspecified atom stereocenters. The lowest BCUT2D eigenvalue weighted by atomic mass is 9.90. The molecule has 1 heterocycles. The molecule has 2 rings (SSSR count). The van der Waals surface area contributed by atoms with Crippen molar-refractivity contribution < 1.29 is 14.6 Å². The van der Waals surface area contributed by atoms with E-state index in [2.05, 4.69) is 5.32 Å². The summed E-state index contributed by atoms with van der Waals surface area (Å²) in [7, 11) is 0. The molecule has 4 heteroatoms. The summed E-state index contributed by atoms with van der Waals surface area (Å²) < 4.78 is 5.81. The molecule has 2 N–H and O–H groups in total. The van der Waals surface area contributed by atoms with Crippen molar-refractivity contribution in [3.8, 4) is 5.75 Å². The van der Waals surface area contributed by atoms with Gasteiger partial charge in [-0.15, -0.1) is 0 Å². The maximum atomic E-state index is 10.9. The van der Waals surface area contributed by atoms with Crippen molar-refractivity contribution in [1.82, 2.24) is 5.32 Å². The highest BCUT2D eigenvalue weighted by Gasteiger charge is 2.29. The lowest BCUT2D eigenvalue weighted by Crippen LogP contribution is -2.22. The van der Waals surface area contributed by atoms with Gasteiger partial charge in [0.1, 0.15) is 5.75 Å². The second-order valence-corrected chi connectivity index (χ2v) is 5.19. The van der Waals surface area contributed by atoms with Crippen LogP contribution < -0.4 is 5.32 Å². The highest BCUT2D eigenvalue weighted by atomic mass is 16.5. The first-order valence-electron chi connectivity index (χ1n) is 6.61. The monoisotopic (exact) mass is 263 g/mol. The summed E-state index contributed by atoms with van der Waals surface area (Å²) >= 11 is 0. The second kappa shape index (κ2) is 5.21. The molecule has 1 aromatic carbocycles. The minimum absolute atomic E-state index is 0.0137. The summed E-state index contributed by atoms with van der Waals surface area (Å²) in [5.74, 6) is 0.357. The number of phenolic OH excluding ortho intramolecular Hbond substituents is 1. The van der Waals surface area contributed by atoms with Gasteiger partial charge in [-0.1, -0.05) is 0 Å². The summed E-state index contributed by atoms with van der Waals surface area (Å²) in [5.41, 5.74) is 5.24. The van der Waals surface area contributed by atoms with Crippen LogP contribution in [0, 0.1) is 20.8 Å². The van der Waals surface area contributed by atoms with E-state index in [0.717, 1.165) is 28.7 Å². The van der Waals surface area contributed by atoms with E-state index in [1.165, 1.54) is 12.5 Å². The molecule has 1 aliphatic rings. The van der Waals surface area contributed by atoms with Crippen LogP contribution in [0.4, 0.5) is 0 Å². The maximum Gasteiger partial charge on any atom is 0.216 e. The Labute approximate surface area is 113 Å². The van der Waals surface area contributed by atoms with Gasteiger partial charge in [0.25, 0.3) is 0 Å². The highest BCUT2D eigenvalue weighted by molar-refractivity contribution is 5.72. The summed E-state index contributed by atoms with van der Waals surface area (Å²) in [5, 5.41) is 12.9. The van der Waals surface area contributed by atoms with Crippen molar-refractivity contribution in [3.63, 3.8) is 0 Å². The van der Waals surface area contributed by atoms with Crippen molar-refractivity contribution in [3.05, 3.63) is 27.8 Å². The van der Waals surface area contributed by atoms with E-state index in [0.29, 0.717) is 18.9 Å². The zero-order chi connectivity index (χ0) is 14.2. The van der Waals surface area contributed by atoms with Crippen LogP contribution in [0.25, 0.3) is 0 Å². The van der Waals surface area contributed by atoms with Crippen molar-refractivity contribution in [1.29, 1.82) is 0 Å². The van der Waals surface area contributed by atoms with E-state index >= 15 is 0 Å². The fourth-order valence-electron chi connectivity index (χ4n) is 2.73. The summed E-state index contributed by atoms with van der Waals surface area (Å²) in [4.78, 5) is 10.9. The van der Waals surface area contributed by atoms with Gasteiger partial charge in [-0.3, -0.25) is 4.79 Å². The zero-order valence-electron chi connectivity index (χ0n) is 12.0. The molecule has 19 heavy (non-hydrogen) atoms. The molecule has 1 aromatic rings. The molecule has 1 atom stereocenters. The van der Waals surface area contributed by atoms with Gasteiger partial charge in [-0.25, -0.2) is 0 Å². The number of carbonyl (C=O) groups is 1. The van der Waals surface area contributed by atoms with Crippen LogP contribution in [0.2, 0.25) is 0 Å². The van der Waals surface area contributed by atoms with Crippen LogP contribution in [0.1, 0.15) is 47.3 Å². The predicted molar refractivity (Wildman–Crippen MR) is 73.1 cm³/mol. The molecular formula is C15H21NO3. The lowest BCUT2D eigenvalue weighted by Gasteiger charge is -2.17. The standard InChI is InChI=1S/C15H21NO3/c1-8-9(2)15(18)10(3)12-7-19-13(14(8)12)5-6-16-11(4)17/h13,18H,5-7H2,1-4H3,(H,16,17). The Morgan fingerprint density at radius 1 is 1.32 bits per heavy atom. The van der Waals surface area contributed by atoms with E-state index in [1.54, 1.807) is 0 Å². The Morgan fingerprint density at radius 2 is 2.00 bits per heavy atom. The number of aromatic hydroxyl groups is 1. The zero-order valence-corrected chi connectivity index (χ0v) is 12.0.